The monoisotopic (exact) mass is 179 g/mol. The molecule has 0 fully saturated rings. The summed E-state index contributed by atoms with van der Waals surface area (Å²) in [6.45, 7) is 3.61. The van der Waals surface area contributed by atoms with Crippen LogP contribution in [-0.4, -0.2) is 18.1 Å². The summed E-state index contributed by atoms with van der Waals surface area (Å²) in [6, 6.07) is 3.16. The molecule has 1 aromatic carbocycles. The smallest absolute Gasteiger partial charge is 0.251 e. The standard InChI is InChI=1S/C10H13NO2/c1-6-4-8(12)5-7(2)9(6)10(13)11-3/h4-5,12H,1-3H3,(H,11,13). The Bertz CT molecular complexity index is 322. The van der Waals surface area contributed by atoms with Crippen molar-refractivity contribution < 1.29 is 9.90 Å². The van der Waals surface area contributed by atoms with Gasteiger partial charge in [-0.25, -0.2) is 0 Å². The quantitative estimate of drug-likeness (QED) is 0.684. The maximum atomic E-state index is 11.4. The molecule has 0 heterocycles. The maximum absolute atomic E-state index is 11.4. The molecular weight excluding hydrogens is 166 g/mol. The van der Waals surface area contributed by atoms with E-state index in [2.05, 4.69) is 5.32 Å². The molecule has 1 aromatic rings. The molecule has 0 aliphatic rings. The fraction of sp³-hybridized carbons (Fsp3) is 0.300. The first kappa shape index (κ1) is 9.58. The van der Waals surface area contributed by atoms with Gasteiger partial charge in [0, 0.05) is 12.6 Å². The molecule has 0 aliphatic heterocycles. The summed E-state index contributed by atoms with van der Waals surface area (Å²) >= 11 is 0. The van der Waals surface area contributed by atoms with Gasteiger partial charge in [-0.3, -0.25) is 4.79 Å². The molecule has 0 unspecified atom stereocenters. The van der Waals surface area contributed by atoms with Gasteiger partial charge in [0.15, 0.2) is 0 Å². The predicted octanol–water partition coefficient (Wildman–Crippen LogP) is 1.37. The number of phenols is 1. The highest BCUT2D eigenvalue weighted by molar-refractivity contribution is 5.97. The zero-order valence-corrected chi connectivity index (χ0v) is 8.01. The van der Waals surface area contributed by atoms with Gasteiger partial charge in [-0.1, -0.05) is 0 Å². The Labute approximate surface area is 77.4 Å². The number of amides is 1. The molecule has 0 radical (unpaired) electrons. The molecule has 3 nitrogen and oxygen atoms in total. The van der Waals surface area contributed by atoms with Crippen molar-refractivity contribution in [1.29, 1.82) is 0 Å². The normalized spacial score (nSPS) is 9.77. The number of carbonyl (C=O) groups excluding carboxylic acids is 1. The lowest BCUT2D eigenvalue weighted by Gasteiger charge is -2.08. The second kappa shape index (κ2) is 3.47. The number of benzene rings is 1. The average Bonchev–Trinajstić information content (AvgIpc) is 2.02. The molecule has 0 aromatic heterocycles. The zero-order valence-electron chi connectivity index (χ0n) is 8.01. The van der Waals surface area contributed by atoms with E-state index in [-0.39, 0.29) is 11.7 Å². The molecule has 0 saturated carbocycles. The van der Waals surface area contributed by atoms with E-state index in [1.165, 1.54) is 0 Å². The van der Waals surface area contributed by atoms with Gasteiger partial charge in [-0.15, -0.1) is 0 Å². The van der Waals surface area contributed by atoms with Crippen molar-refractivity contribution in [2.24, 2.45) is 0 Å². The first-order chi connectivity index (χ1) is 6.06. The highest BCUT2D eigenvalue weighted by atomic mass is 16.3. The third-order valence-electron chi connectivity index (χ3n) is 1.97. The van der Waals surface area contributed by atoms with Crippen LogP contribution in [0.25, 0.3) is 0 Å². The molecule has 0 saturated heterocycles. The Balaban J connectivity index is 3.28. The number of carbonyl (C=O) groups is 1. The van der Waals surface area contributed by atoms with Crippen molar-refractivity contribution in [3.05, 3.63) is 28.8 Å². The fourth-order valence-electron chi connectivity index (χ4n) is 1.42. The second-order valence-corrected chi connectivity index (χ2v) is 3.03. The molecule has 13 heavy (non-hydrogen) atoms. The lowest BCUT2D eigenvalue weighted by Crippen LogP contribution is -2.20. The van der Waals surface area contributed by atoms with E-state index in [1.54, 1.807) is 33.0 Å². The summed E-state index contributed by atoms with van der Waals surface area (Å²) in [6.07, 6.45) is 0. The number of hydrogen-bond acceptors (Lipinski definition) is 2. The highest BCUT2D eigenvalue weighted by Gasteiger charge is 2.10. The van der Waals surface area contributed by atoms with Gasteiger partial charge in [0.05, 0.1) is 0 Å². The van der Waals surface area contributed by atoms with Crippen molar-refractivity contribution in [1.82, 2.24) is 5.32 Å². The van der Waals surface area contributed by atoms with E-state index in [0.717, 1.165) is 11.1 Å². The van der Waals surface area contributed by atoms with Crippen molar-refractivity contribution in [2.45, 2.75) is 13.8 Å². The van der Waals surface area contributed by atoms with Crippen LogP contribution in [0.2, 0.25) is 0 Å². The summed E-state index contributed by atoms with van der Waals surface area (Å²) in [7, 11) is 1.59. The van der Waals surface area contributed by atoms with E-state index >= 15 is 0 Å². The second-order valence-electron chi connectivity index (χ2n) is 3.03. The Morgan fingerprint density at radius 1 is 1.31 bits per heavy atom. The van der Waals surface area contributed by atoms with Crippen LogP contribution in [0.15, 0.2) is 12.1 Å². The number of phenolic OH excluding ortho intramolecular Hbond substituents is 1. The van der Waals surface area contributed by atoms with Gasteiger partial charge in [0.1, 0.15) is 5.75 Å². The maximum Gasteiger partial charge on any atom is 0.251 e. The molecule has 1 amide bonds. The largest absolute Gasteiger partial charge is 0.508 e. The van der Waals surface area contributed by atoms with Crippen LogP contribution in [0.1, 0.15) is 21.5 Å². The first-order valence-corrected chi connectivity index (χ1v) is 4.08. The third-order valence-corrected chi connectivity index (χ3v) is 1.97. The number of aryl methyl sites for hydroxylation is 2. The van der Waals surface area contributed by atoms with Gasteiger partial charge in [-0.2, -0.15) is 0 Å². The number of hydrogen-bond donors (Lipinski definition) is 2. The molecule has 70 valence electrons. The van der Waals surface area contributed by atoms with E-state index in [0.29, 0.717) is 5.56 Å². The van der Waals surface area contributed by atoms with E-state index in [9.17, 15) is 9.90 Å². The summed E-state index contributed by atoms with van der Waals surface area (Å²) in [4.78, 5) is 11.4. The molecular formula is C10H13NO2. The topological polar surface area (TPSA) is 49.3 Å². The minimum Gasteiger partial charge on any atom is -0.508 e. The Morgan fingerprint density at radius 2 is 1.77 bits per heavy atom. The fourth-order valence-corrected chi connectivity index (χ4v) is 1.42. The van der Waals surface area contributed by atoms with Gasteiger partial charge in [0.2, 0.25) is 0 Å². The van der Waals surface area contributed by atoms with Crippen LogP contribution in [-0.2, 0) is 0 Å². The minimum absolute atomic E-state index is 0.116. The van der Waals surface area contributed by atoms with Crippen LogP contribution in [0, 0.1) is 13.8 Å². The van der Waals surface area contributed by atoms with Gasteiger partial charge in [-0.05, 0) is 37.1 Å². The molecule has 0 aliphatic carbocycles. The van der Waals surface area contributed by atoms with E-state index in [1.807, 2.05) is 0 Å². The van der Waals surface area contributed by atoms with Crippen molar-refractivity contribution in [3.63, 3.8) is 0 Å². The van der Waals surface area contributed by atoms with Gasteiger partial charge >= 0.3 is 0 Å². The van der Waals surface area contributed by atoms with Crippen LogP contribution < -0.4 is 5.32 Å². The Hall–Kier alpha value is -1.51. The number of aromatic hydroxyl groups is 1. The van der Waals surface area contributed by atoms with E-state index in [4.69, 9.17) is 0 Å². The molecule has 1 rings (SSSR count). The van der Waals surface area contributed by atoms with Gasteiger partial charge < -0.3 is 10.4 Å². The van der Waals surface area contributed by atoms with Crippen LogP contribution >= 0.6 is 0 Å². The summed E-state index contributed by atoms with van der Waals surface area (Å²) in [5, 5.41) is 11.8. The minimum atomic E-state index is -0.116. The molecule has 3 heteroatoms. The van der Waals surface area contributed by atoms with E-state index < -0.39 is 0 Å². The van der Waals surface area contributed by atoms with Crippen molar-refractivity contribution >= 4 is 5.91 Å². The Morgan fingerprint density at radius 3 is 2.15 bits per heavy atom. The zero-order chi connectivity index (χ0) is 10.0. The SMILES string of the molecule is CNC(=O)c1c(C)cc(O)cc1C. The van der Waals surface area contributed by atoms with Crippen LogP contribution in [0.5, 0.6) is 5.75 Å². The highest BCUT2D eigenvalue weighted by Crippen LogP contribution is 2.20. The van der Waals surface area contributed by atoms with Crippen molar-refractivity contribution in [2.75, 3.05) is 7.05 Å². The molecule has 0 atom stereocenters. The molecule has 0 spiro atoms. The van der Waals surface area contributed by atoms with Crippen LogP contribution in [0.4, 0.5) is 0 Å². The lowest BCUT2D eigenvalue weighted by molar-refractivity contribution is 0.0962. The first-order valence-electron chi connectivity index (χ1n) is 4.08. The molecule has 0 bridgehead atoms. The Kier molecular flexibility index (Phi) is 2.56. The summed E-state index contributed by atoms with van der Waals surface area (Å²) < 4.78 is 0. The molecule has 2 N–H and O–H groups in total. The predicted molar refractivity (Wildman–Crippen MR) is 51.0 cm³/mol. The lowest BCUT2D eigenvalue weighted by atomic mass is 10.0. The summed E-state index contributed by atoms with van der Waals surface area (Å²) in [5.74, 6) is 0.0812. The van der Waals surface area contributed by atoms with Crippen molar-refractivity contribution in [3.8, 4) is 5.75 Å². The third kappa shape index (κ3) is 1.80. The number of rotatable bonds is 1. The average molecular weight is 179 g/mol. The summed E-state index contributed by atoms with van der Waals surface area (Å²) in [5.41, 5.74) is 2.22. The van der Waals surface area contributed by atoms with Crippen LogP contribution in [0.3, 0.4) is 0 Å². The number of nitrogens with one attached hydrogen (secondary N) is 1. The van der Waals surface area contributed by atoms with Gasteiger partial charge in [0.25, 0.3) is 5.91 Å².